The molecule has 7 heteroatoms. The standard InChI is InChI=1S/C58H40N6O/c1-6-17-40(18-7-1)55-60-56(41-19-8-2-9-20-41)62-57(61-55)44-23-16-28-48(37-44)64-52-36-31-43(38-50(52)49-34-35-51-54(53(49)64)65-58(59-51)42-21-10-3-11-22-42)39-29-32-47(33-30-39)63(45-24-12-4-13-25-45)46-26-14-5-15-27-46/h1-38,55H,(H,60,61,62). The van der Waals surface area contributed by atoms with Crippen molar-refractivity contribution in [3.8, 4) is 28.3 Å². The summed E-state index contributed by atoms with van der Waals surface area (Å²) in [5, 5.41) is 5.76. The van der Waals surface area contributed by atoms with Gasteiger partial charge in [-0.15, -0.1) is 0 Å². The molecule has 0 bridgehead atoms. The number of fused-ring (bicyclic) bond motifs is 5. The minimum absolute atomic E-state index is 0.312. The molecule has 1 unspecified atom stereocenters. The molecular weight excluding hydrogens is 797 g/mol. The minimum Gasteiger partial charge on any atom is -0.434 e. The third-order valence-electron chi connectivity index (χ3n) is 12.1. The Morgan fingerprint density at radius 1 is 0.477 bits per heavy atom. The Morgan fingerprint density at radius 2 is 1.08 bits per heavy atom. The molecule has 1 atom stereocenters. The fourth-order valence-electron chi connectivity index (χ4n) is 8.95. The number of amidine groups is 2. The summed E-state index contributed by atoms with van der Waals surface area (Å²) in [6, 6.07) is 80.0. The highest BCUT2D eigenvalue weighted by molar-refractivity contribution is 6.18. The Morgan fingerprint density at radius 3 is 1.77 bits per heavy atom. The molecule has 12 rings (SSSR count). The number of hydrogen-bond donors (Lipinski definition) is 1. The van der Waals surface area contributed by atoms with Gasteiger partial charge in [0, 0.05) is 50.2 Å². The molecule has 0 saturated carbocycles. The molecule has 9 aromatic carbocycles. The number of hydrogen-bond acceptors (Lipinski definition) is 6. The van der Waals surface area contributed by atoms with Crippen LogP contribution in [0, 0.1) is 0 Å². The molecule has 0 aliphatic carbocycles. The first kappa shape index (κ1) is 37.9. The second-order valence-electron chi connectivity index (χ2n) is 16.1. The van der Waals surface area contributed by atoms with E-state index in [0.717, 1.165) is 94.9 Å². The molecular formula is C58H40N6O. The molecule has 7 nitrogen and oxygen atoms in total. The van der Waals surface area contributed by atoms with Crippen LogP contribution in [0.2, 0.25) is 0 Å². The van der Waals surface area contributed by atoms with Crippen LogP contribution in [-0.2, 0) is 0 Å². The minimum atomic E-state index is -0.312. The Balaban J connectivity index is 1.01. The molecule has 0 radical (unpaired) electrons. The highest BCUT2D eigenvalue weighted by Crippen LogP contribution is 2.41. The van der Waals surface area contributed by atoms with E-state index in [4.69, 9.17) is 19.4 Å². The van der Waals surface area contributed by atoms with E-state index in [0.29, 0.717) is 11.7 Å². The first-order chi connectivity index (χ1) is 32.2. The van der Waals surface area contributed by atoms with Gasteiger partial charge in [-0.3, -0.25) is 0 Å². The lowest BCUT2D eigenvalue weighted by molar-refractivity contribution is 0.622. The summed E-state index contributed by atoms with van der Waals surface area (Å²) < 4.78 is 9.07. The smallest absolute Gasteiger partial charge is 0.227 e. The van der Waals surface area contributed by atoms with Crippen molar-refractivity contribution >= 4 is 61.6 Å². The van der Waals surface area contributed by atoms with Crippen LogP contribution in [0.15, 0.2) is 245 Å². The number of benzene rings is 9. The van der Waals surface area contributed by atoms with Crippen LogP contribution in [-0.4, -0.2) is 21.2 Å². The van der Waals surface area contributed by atoms with Crippen molar-refractivity contribution in [2.24, 2.45) is 9.98 Å². The van der Waals surface area contributed by atoms with Crippen LogP contribution in [0.4, 0.5) is 17.1 Å². The number of oxazole rings is 1. The van der Waals surface area contributed by atoms with E-state index < -0.39 is 0 Å². The number of anilines is 3. The quantitative estimate of drug-likeness (QED) is 0.157. The molecule has 1 N–H and O–H groups in total. The molecule has 1 aliphatic heterocycles. The first-order valence-electron chi connectivity index (χ1n) is 21.8. The summed E-state index contributed by atoms with van der Waals surface area (Å²) in [5.41, 5.74) is 13.9. The van der Waals surface area contributed by atoms with Crippen molar-refractivity contribution in [2.75, 3.05) is 4.90 Å². The fourth-order valence-corrected chi connectivity index (χ4v) is 8.95. The SMILES string of the molecule is c1ccc(C2=NC(c3cccc(-n4c5ccc(-c6ccc(N(c7ccccc7)c7ccccc7)cc6)cc5c5ccc6nc(-c7ccccc7)oc6c54)c3)=NC(c3ccccc3)N2)cc1. The highest BCUT2D eigenvalue weighted by atomic mass is 16.3. The van der Waals surface area contributed by atoms with E-state index in [1.807, 2.05) is 66.7 Å². The van der Waals surface area contributed by atoms with Crippen LogP contribution in [0.5, 0.6) is 0 Å². The molecule has 0 spiro atoms. The van der Waals surface area contributed by atoms with Crippen molar-refractivity contribution in [1.29, 1.82) is 0 Å². The van der Waals surface area contributed by atoms with Gasteiger partial charge in [-0.05, 0) is 102 Å². The third kappa shape index (κ3) is 7.02. The first-order valence-corrected chi connectivity index (χ1v) is 21.8. The zero-order valence-corrected chi connectivity index (χ0v) is 35.2. The van der Waals surface area contributed by atoms with Gasteiger partial charge in [-0.2, -0.15) is 0 Å². The van der Waals surface area contributed by atoms with Crippen LogP contribution in [0.3, 0.4) is 0 Å². The van der Waals surface area contributed by atoms with Gasteiger partial charge < -0.3 is 19.2 Å². The van der Waals surface area contributed by atoms with Crippen molar-refractivity contribution in [3.05, 3.63) is 247 Å². The molecule has 11 aromatic rings. The maximum absolute atomic E-state index is 6.76. The lowest BCUT2D eigenvalue weighted by Gasteiger charge is -2.25. The van der Waals surface area contributed by atoms with Gasteiger partial charge in [0.05, 0.1) is 11.0 Å². The van der Waals surface area contributed by atoms with Gasteiger partial charge in [0.15, 0.2) is 11.4 Å². The molecule has 0 saturated heterocycles. The van der Waals surface area contributed by atoms with Crippen molar-refractivity contribution < 1.29 is 4.42 Å². The summed E-state index contributed by atoms with van der Waals surface area (Å²) in [6.07, 6.45) is -0.312. The number of aliphatic imine (C=N–C) groups is 2. The molecule has 0 fully saturated rings. The van der Waals surface area contributed by atoms with Gasteiger partial charge in [0.25, 0.3) is 0 Å². The van der Waals surface area contributed by atoms with E-state index in [-0.39, 0.29) is 6.17 Å². The van der Waals surface area contributed by atoms with Crippen LogP contribution >= 0.6 is 0 Å². The topological polar surface area (TPSA) is 71.0 Å². The summed E-state index contributed by atoms with van der Waals surface area (Å²) in [5.74, 6) is 2.01. The van der Waals surface area contributed by atoms with Gasteiger partial charge in [-0.25, -0.2) is 15.0 Å². The number of para-hydroxylation sites is 2. The summed E-state index contributed by atoms with van der Waals surface area (Å²) in [4.78, 5) is 17.6. The van der Waals surface area contributed by atoms with Crippen molar-refractivity contribution in [1.82, 2.24) is 14.9 Å². The van der Waals surface area contributed by atoms with E-state index in [1.54, 1.807) is 0 Å². The zero-order chi connectivity index (χ0) is 43.1. The van der Waals surface area contributed by atoms with Crippen LogP contribution < -0.4 is 10.2 Å². The van der Waals surface area contributed by atoms with Crippen LogP contribution in [0.1, 0.15) is 22.9 Å². The number of aromatic nitrogens is 2. The Kier molecular flexibility index (Phi) is 9.42. The van der Waals surface area contributed by atoms with Crippen LogP contribution in [0.25, 0.3) is 61.2 Å². The number of nitrogens with one attached hydrogen (secondary N) is 1. The summed E-state index contributed by atoms with van der Waals surface area (Å²) in [6.45, 7) is 0. The number of rotatable bonds is 9. The molecule has 308 valence electrons. The maximum Gasteiger partial charge on any atom is 0.227 e. The molecule has 65 heavy (non-hydrogen) atoms. The van der Waals surface area contributed by atoms with Gasteiger partial charge >= 0.3 is 0 Å². The highest BCUT2D eigenvalue weighted by Gasteiger charge is 2.24. The molecule has 0 amide bonds. The predicted molar refractivity (Wildman–Crippen MR) is 266 cm³/mol. The molecule has 1 aliphatic rings. The van der Waals surface area contributed by atoms with Crippen molar-refractivity contribution in [2.45, 2.75) is 6.17 Å². The Labute approximate surface area is 375 Å². The maximum atomic E-state index is 6.76. The second kappa shape index (κ2) is 16.1. The van der Waals surface area contributed by atoms with Gasteiger partial charge in [-0.1, -0.05) is 146 Å². The predicted octanol–water partition coefficient (Wildman–Crippen LogP) is 14.2. The molecule has 2 aromatic heterocycles. The Bertz CT molecular complexity index is 3510. The zero-order valence-electron chi connectivity index (χ0n) is 35.2. The average Bonchev–Trinajstić information content (AvgIpc) is 3.98. The third-order valence-corrected chi connectivity index (χ3v) is 12.1. The van der Waals surface area contributed by atoms with E-state index in [1.165, 1.54) is 0 Å². The van der Waals surface area contributed by atoms with Gasteiger partial charge in [0.2, 0.25) is 5.89 Å². The second-order valence-corrected chi connectivity index (χ2v) is 16.1. The normalized spacial score (nSPS) is 13.7. The van der Waals surface area contributed by atoms with Gasteiger partial charge in [0.1, 0.15) is 17.5 Å². The van der Waals surface area contributed by atoms with Crippen molar-refractivity contribution in [3.63, 3.8) is 0 Å². The average molecular weight is 837 g/mol. The number of nitrogens with zero attached hydrogens (tertiary/aromatic N) is 5. The summed E-state index contributed by atoms with van der Waals surface area (Å²) in [7, 11) is 0. The van der Waals surface area contributed by atoms with E-state index in [2.05, 4.69) is 179 Å². The van der Waals surface area contributed by atoms with E-state index >= 15 is 0 Å². The molecule has 3 heterocycles. The Hall–Kier alpha value is -8.81. The largest absolute Gasteiger partial charge is 0.434 e. The lowest BCUT2D eigenvalue weighted by Crippen LogP contribution is -2.33. The summed E-state index contributed by atoms with van der Waals surface area (Å²) >= 11 is 0. The van der Waals surface area contributed by atoms with E-state index in [9.17, 15) is 0 Å². The lowest BCUT2D eigenvalue weighted by atomic mass is 10.0. The fraction of sp³-hybridized carbons (Fsp3) is 0.0172. The monoisotopic (exact) mass is 836 g/mol.